The maximum atomic E-state index is 5.72. The van der Waals surface area contributed by atoms with Crippen molar-refractivity contribution in [1.82, 2.24) is 4.98 Å². The maximum Gasteiger partial charge on any atom is 0.119 e. The highest BCUT2D eigenvalue weighted by atomic mass is 16.5. The Balaban J connectivity index is 1.80. The van der Waals surface area contributed by atoms with Gasteiger partial charge < -0.3 is 10.1 Å². The average Bonchev–Trinajstić information content (AvgIpc) is 2.48. The number of anilines is 1. The summed E-state index contributed by atoms with van der Waals surface area (Å²) in [5.74, 6) is 1.62. The number of aryl methyl sites for hydroxylation is 1. The molecule has 0 fully saturated rings. The summed E-state index contributed by atoms with van der Waals surface area (Å²) >= 11 is 0. The molecule has 0 spiro atoms. The molecule has 0 atom stereocenters. The molecule has 3 heteroatoms. The normalized spacial score (nSPS) is 10.7. The second-order valence-electron chi connectivity index (χ2n) is 5.72. The maximum absolute atomic E-state index is 5.72. The van der Waals surface area contributed by atoms with Crippen LogP contribution in [0.5, 0.6) is 5.75 Å². The van der Waals surface area contributed by atoms with Crippen molar-refractivity contribution in [3.63, 3.8) is 0 Å². The lowest BCUT2D eigenvalue weighted by Crippen LogP contribution is -2.02. The molecule has 3 nitrogen and oxygen atoms in total. The highest BCUT2D eigenvalue weighted by Gasteiger charge is 1.98. The molecule has 0 saturated heterocycles. The molecule has 1 aromatic carbocycles. The molecule has 1 heterocycles. The Morgan fingerprint density at radius 2 is 1.86 bits per heavy atom. The van der Waals surface area contributed by atoms with Crippen LogP contribution in [-0.4, -0.2) is 11.6 Å². The molecule has 0 saturated carbocycles. The van der Waals surface area contributed by atoms with Gasteiger partial charge in [-0.25, -0.2) is 0 Å². The van der Waals surface area contributed by atoms with Gasteiger partial charge in [-0.2, -0.15) is 0 Å². The molecule has 0 aliphatic heterocycles. The van der Waals surface area contributed by atoms with E-state index in [-0.39, 0.29) is 0 Å². The summed E-state index contributed by atoms with van der Waals surface area (Å²) in [6.45, 7) is 7.97. The molecule has 112 valence electrons. The fraction of sp³-hybridized carbons (Fsp3) is 0.389. The third-order valence-corrected chi connectivity index (χ3v) is 3.30. The topological polar surface area (TPSA) is 34.1 Å². The summed E-state index contributed by atoms with van der Waals surface area (Å²) in [6.07, 6.45) is 2.95. The summed E-state index contributed by atoms with van der Waals surface area (Å²) in [4.78, 5) is 4.27. The Labute approximate surface area is 127 Å². The standard InChI is InChI=1S/C18H24N2O/c1-14(2)10-11-21-18-8-5-16(6-9-18)12-20-17-7-4-15(3)19-13-17/h4-9,13-14,20H,10-12H2,1-3H3. The molecule has 0 radical (unpaired) electrons. The number of hydrogen-bond donors (Lipinski definition) is 1. The highest BCUT2D eigenvalue weighted by molar-refractivity contribution is 5.42. The van der Waals surface area contributed by atoms with Crippen molar-refractivity contribution in [2.75, 3.05) is 11.9 Å². The largest absolute Gasteiger partial charge is 0.494 e. The van der Waals surface area contributed by atoms with E-state index >= 15 is 0 Å². The number of nitrogens with one attached hydrogen (secondary N) is 1. The van der Waals surface area contributed by atoms with Crippen molar-refractivity contribution in [3.05, 3.63) is 53.9 Å². The zero-order valence-electron chi connectivity index (χ0n) is 13.1. The van der Waals surface area contributed by atoms with Crippen molar-refractivity contribution >= 4 is 5.69 Å². The van der Waals surface area contributed by atoms with E-state index in [4.69, 9.17) is 4.74 Å². The molecule has 2 rings (SSSR count). The second kappa shape index (κ2) is 7.67. The molecule has 0 unspecified atom stereocenters. The first-order chi connectivity index (χ1) is 10.1. The first-order valence-electron chi connectivity index (χ1n) is 7.52. The molecule has 0 bridgehead atoms. The van der Waals surface area contributed by atoms with Crippen LogP contribution in [0.25, 0.3) is 0 Å². The molecule has 1 N–H and O–H groups in total. The van der Waals surface area contributed by atoms with Crippen LogP contribution in [0.2, 0.25) is 0 Å². The van der Waals surface area contributed by atoms with Gasteiger partial charge in [0.2, 0.25) is 0 Å². The predicted molar refractivity (Wildman–Crippen MR) is 87.7 cm³/mol. The Hall–Kier alpha value is -2.03. The zero-order valence-corrected chi connectivity index (χ0v) is 13.1. The molecule has 1 aromatic heterocycles. The van der Waals surface area contributed by atoms with Crippen LogP contribution in [0.3, 0.4) is 0 Å². The Morgan fingerprint density at radius 1 is 1.10 bits per heavy atom. The van der Waals surface area contributed by atoms with Gasteiger partial charge in [0.15, 0.2) is 0 Å². The minimum Gasteiger partial charge on any atom is -0.494 e. The molecule has 0 amide bonds. The number of nitrogens with zero attached hydrogens (tertiary/aromatic N) is 1. The van der Waals surface area contributed by atoms with Gasteiger partial charge in [0.25, 0.3) is 0 Å². The monoisotopic (exact) mass is 284 g/mol. The fourth-order valence-electron chi connectivity index (χ4n) is 1.89. The highest BCUT2D eigenvalue weighted by Crippen LogP contribution is 2.15. The van der Waals surface area contributed by atoms with E-state index in [1.54, 1.807) is 0 Å². The Morgan fingerprint density at radius 3 is 2.48 bits per heavy atom. The van der Waals surface area contributed by atoms with Crippen molar-refractivity contribution in [2.24, 2.45) is 5.92 Å². The Kier molecular flexibility index (Phi) is 5.61. The SMILES string of the molecule is Cc1ccc(NCc2ccc(OCCC(C)C)cc2)cn1. The fourth-order valence-corrected chi connectivity index (χ4v) is 1.89. The van der Waals surface area contributed by atoms with Crippen LogP contribution < -0.4 is 10.1 Å². The number of ether oxygens (including phenoxy) is 1. The number of pyridine rings is 1. The van der Waals surface area contributed by atoms with Crippen molar-refractivity contribution in [3.8, 4) is 5.75 Å². The van der Waals surface area contributed by atoms with E-state index in [9.17, 15) is 0 Å². The average molecular weight is 284 g/mol. The summed E-state index contributed by atoms with van der Waals surface area (Å²) in [5, 5.41) is 3.36. The van der Waals surface area contributed by atoms with Gasteiger partial charge in [-0.1, -0.05) is 26.0 Å². The second-order valence-corrected chi connectivity index (χ2v) is 5.72. The summed E-state index contributed by atoms with van der Waals surface area (Å²) in [6, 6.07) is 12.3. The molecular weight excluding hydrogens is 260 g/mol. The molecule has 0 aliphatic carbocycles. The Bertz CT molecular complexity index is 532. The first kappa shape index (κ1) is 15.4. The molecule has 0 aliphatic rings. The number of rotatable bonds is 7. The lowest BCUT2D eigenvalue weighted by atomic mass is 10.1. The third kappa shape index (κ3) is 5.46. The van der Waals surface area contributed by atoms with Crippen LogP contribution in [0.15, 0.2) is 42.6 Å². The number of aromatic nitrogens is 1. The number of benzene rings is 1. The van der Waals surface area contributed by atoms with Gasteiger partial charge in [0.05, 0.1) is 18.5 Å². The smallest absolute Gasteiger partial charge is 0.119 e. The lowest BCUT2D eigenvalue weighted by molar-refractivity contribution is 0.289. The van der Waals surface area contributed by atoms with E-state index in [1.165, 1.54) is 5.56 Å². The van der Waals surface area contributed by atoms with E-state index in [0.717, 1.165) is 36.7 Å². The van der Waals surface area contributed by atoms with E-state index in [2.05, 4.69) is 36.3 Å². The summed E-state index contributed by atoms with van der Waals surface area (Å²) < 4.78 is 5.72. The van der Waals surface area contributed by atoms with Crippen LogP contribution in [-0.2, 0) is 6.54 Å². The van der Waals surface area contributed by atoms with Gasteiger partial charge in [-0.05, 0) is 49.1 Å². The van der Waals surface area contributed by atoms with Crippen LogP contribution in [0.4, 0.5) is 5.69 Å². The third-order valence-electron chi connectivity index (χ3n) is 3.30. The van der Waals surface area contributed by atoms with Gasteiger partial charge in [-0.3, -0.25) is 4.98 Å². The summed E-state index contributed by atoms with van der Waals surface area (Å²) in [7, 11) is 0. The van der Waals surface area contributed by atoms with Crippen molar-refractivity contribution in [2.45, 2.75) is 33.7 Å². The predicted octanol–water partition coefficient (Wildman–Crippen LogP) is 4.43. The minimum atomic E-state index is 0.677. The number of hydrogen-bond acceptors (Lipinski definition) is 3. The van der Waals surface area contributed by atoms with Gasteiger partial charge in [0, 0.05) is 12.2 Å². The molecule has 21 heavy (non-hydrogen) atoms. The van der Waals surface area contributed by atoms with E-state index < -0.39 is 0 Å². The van der Waals surface area contributed by atoms with E-state index in [1.807, 2.05) is 37.4 Å². The van der Waals surface area contributed by atoms with Crippen LogP contribution in [0.1, 0.15) is 31.5 Å². The molecular formula is C18H24N2O. The van der Waals surface area contributed by atoms with Crippen LogP contribution in [0, 0.1) is 12.8 Å². The van der Waals surface area contributed by atoms with Crippen molar-refractivity contribution in [1.29, 1.82) is 0 Å². The summed E-state index contributed by atoms with van der Waals surface area (Å²) in [5.41, 5.74) is 3.30. The quantitative estimate of drug-likeness (QED) is 0.817. The first-order valence-corrected chi connectivity index (χ1v) is 7.52. The minimum absolute atomic E-state index is 0.677. The van der Waals surface area contributed by atoms with Crippen molar-refractivity contribution < 1.29 is 4.74 Å². The molecule has 2 aromatic rings. The van der Waals surface area contributed by atoms with E-state index in [0.29, 0.717) is 5.92 Å². The van der Waals surface area contributed by atoms with Crippen LogP contribution >= 0.6 is 0 Å². The van der Waals surface area contributed by atoms with Gasteiger partial charge in [0.1, 0.15) is 5.75 Å². The van der Waals surface area contributed by atoms with Gasteiger partial charge in [-0.15, -0.1) is 0 Å². The lowest BCUT2D eigenvalue weighted by Gasteiger charge is -2.10. The zero-order chi connectivity index (χ0) is 15.1. The van der Waals surface area contributed by atoms with Gasteiger partial charge >= 0.3 is 0 Å².